The van der Waals surface area contributed by atoms with Crippen LogP contribution in [-0.4, -0.2) is 22.4 Å². The molecule has 152 valence electrons. The van der Waals surface area contributed by atoms with Gasteiger partial charge in [0.1, 0.15) is 12.3 Å². The number of amides is 1. The molecule has 1 N–H and O–H groups in total. The fourth-order valence-corrected chi connectivity index (χ4v) is 3.23. The number of hydrogen-bond donors (Lipinski definition) is 1. The third-order valence-corrected chi connectivity index (χ3v) is 4.82. The number of benzene rings is 2. The number of carbonyl (C=O) groups excluding carboxylic acids is 1. The molecule has 0 saturated carbocycles. The molecule has 6 heteroatoms. The quantitative estimate of drug-likeness (QED) is 0.505. The van der Waals surface area contributed by atoms with E-state index in [-0.39, 0.29) is 5.91 Å². The maximum Gasteiger partial charge on any atom is 0.251 e. The van der Waals surface area contributed by atoms with Crippen molar-refractivity contribution in [2.45, 2.75) is 20.1 Å². The summed E-state index contributed by atoms with van der Waals surface area (Å²) in [6.45, 7) is 2.78. The molecule has 0 bridgehead atoms. The molecule has 0 aliphatic heterocycles. The lowest BCUT2D eigenvalue weighted by molar-refractivity contribution is 0.0950. The van der Waals surface area contributed by atoms with Crippen LogP contribution in [0.5, 0.6) is 11.5 Å². The monoisotopic (exact) mass is 401 g/mol. The highest BCUT2D eigenvalue weighted by molar-refractivity contribution is 5.94. The Kier molecular flexibility index (Phi) is 5.66. The molecule has 4 aromatic rings. The van der Waals surface area contributed by atoms with E-state index in [9.17, 15) is 4.79 Å². The fraction of sp³-hybridized carbons (Fsp3) is 0.167. The predicted molar refractivity (Wildman–Crippen MR) is 115 cm³/mol. The Labute approximate surface area is 175 Å². The van der Waals surface area contributed by atoms with Crippen molar-refractivity contribution >= 4 is 11.6 Å². The zero-order valence-electron chi connectivity index (χ0n) is 17.0. The first-order chi connectivity index (χ1) is 14.6. The summed E-state index contributed by atoms with van der Waals surface area (Å²) >= 11 is 0. The number of carbonyl (C=O) groups is 1. The van der Waals surface area contributed by atoms with E-state index in [1.807, 2.05) is 66.2 Å². The van der Waals surface area contributed by atoms with Crippen molar-refractivity contribution in [1.82, 2.24) is 14.7 Å². The maximum absolute atomic E-state index is 12.6. The molecule has 0 aliphatic carbocycles. The summed E-state index contributed by atoms with van der Waals surface area (Å²) in [6, 6.07) is 19.0. The smallest absolute Gasteiger partial charge is 0.251 e. The van der Waals surface area contributed by atoms with Crippen molar-refractivity contribution in [3.63, 3.8) is 0 Å². The van der Waals surface area contributed by atoms with Crippen LogP contribution in [0.25, 0.3) is 5.65 Å². The van der Waals surface area contributed by atoms with Crippen molar-refractivity contribution in [1.29, 1.82) is 0 Å². The molecule has 2 aromatic heterocycles. The summed E-state index contributed by atoms with van der Waals surface area (Å²) < 4.78 is 13.2. The largest absolute Gasteiger partial charge is 0.493 e. The highest BCUT2D eigenvalue weighted by atomic mass is 16.5. The highest BCUT2D eigenvalue weighted by Gasteiger charge is 2.12. The van der Waals surface area contributed by atoms with Gasteiger partial charge in [0, 0.05) is 18.0 Å². The summed E-state index contributed by atoms with van der Waals surface area (Å²) in [5, 5.41) is 2.91. The van der Waals surface area contributed by atoms with Gasteiger partial charge >= 0.3 is 0 Å². The van der Waals surface area contributed by atoms with Crippen LogP contribution >= 0.6 is 0 Å². The second-order valence-corrected chi connectivity index (χ2v) is 6.98. The number of hydrogen-bond acceptors (Lipinski definition) is 4. The molecule has 0 fully saturated rings. The van der Waals surface area contributed by atoms with Crippen LogP contribution in [-0.2, 0) is 13.2 Å². The minimum atomic E-state index is -0.198. The fourth-order valence-electron chi connectivity index (χ4n) is 3.23. The minimum absolute atomic E-state index is 0.198. The van der Waals surface area contributed by atoms with E-state index in [1.54, 1.807) is 25.3 Å². The second-order valence-electron chi connectivity index (χ2n) is 6.98. The van der Waals surface area contributed by atoms with E-state index in [0.29, 0.717) is 30.2 Å². The maximum atomic E-state index is 12.6. The van der Waals surface area contributed by atoms with Crippen molar-refractivity contribution in [2.24, 2.45) is 0 Å². The van der Waals surface area contributed by atoms with Gasteiger partial charge in [0.25, 0.3) is 5.91 Å². The van der Waals surface area contributed by atoms with E-state index in [2.05, 4.69) is 10.3 Å². The van der Waals surface area contributed by atoms with Gasteiger partial charge in [-0.15, -0.1) is 0 Å². The SMILES string of the molecule is COc1cc(C(=O)NCc2cn3cccc(C)c3n2)ccc1OCc1ccccc1. The Morgan fingerprint density at radius 2 is 1.90 bits per heavy atom. The lowest BCUT2D eigenvalue weighted by atomic mass is 10.2. The average molecular weight is 401 g/mol. The Morgan fingerprint density at radius 3 is 2.67 bits per heavy atom. The molecule has 0 unspecified atom stereocenters. The predicted octanol–water partition coefficient (Wildman–Crippen LogP) is 4.16. The summed E-state index contributed by atoms with van der Waals surface area (Å²) in [4.78, 5) is 17.2. The summed E-state index contributed by atoms with van der Waals surface area (Å²) in [5.41, 5.74) is 4.34. The summed E-state index contributed by atoms with van der Waals surface area (Å²) in [5.74, 6) is 0.910. The first-order valence-electron chi connectivity index (χ1n) is 9.70. The van der Waals surface area contributed by atoms with Crippen molar-refractivity contribution in [3.8, 4) is 11.5 Å². The highest BCUT2D eigenvalue weighted by Crippen LogP contribution is 2.29. The molecular formula is C24H23N3O3. The number of rotatable bonds is 7. The molecular weight excluding hydrogens is 378 g/mol. The van der Waals surface area contributed by atoms with Gasteiger partial charge < -0.3 is 19.2 Å². The lowest BCUT2D eigenvalue weighted by Gasteiger charge is -2.12. The molecule has 6 nitrogen and oxygen atoms in total. The molecule has 0 radical (unpaired) electrons. The Balaban J connectivity index is 1.42. The van der Waals surface area contributed by atoms with Crippen LogP contribution in [0.1, 0.15) is 27.2 Å². The van der Waals surface area contributed by atoms with Crippen LogP contribution in [0.2, 0.25) is 0 Å². The van der Waals surface area contributed by atoms with Crippen molar-refractivity contribution in [2.75, 3.05) is 7.11 Å². The number of pyridine rings is 1. The van der Waals surface area contributed by atoms with Gasteiger partial charge in [0.05, 0.1) is 19.3 Å². The van der Waals surface area contributed by atoms with E-state index < -0.39 is 0 Å². The molecule has 1 amide bonds. The molecule has 30 heavy (non-hydrogen) atoms. The Hall–Kier alpha value is -3.80. The van der Waals surface area contributed by atoms with Gasteiger partial charge in [-0.25, -0.2) is 4.98 Å². The van der Waals surface area contributed by atoms with Crippen LogP contribution in [0.4, 0.5) is 0 Å². The number of nitrogens with one attached hydrogen (secondary N) is 1. The second kappa shape index (κ2) is 8.69. The molecule has 2 aromatic carbocycles. The zero-order chi connectivity index (χ0) is 20.9. The number of aromatic nitrogens is 2. The normalized spacial score (nSPS) is 10.7. The third kappa shape index (κ3) is 4.27. The molecule has 0 saturated heterocycles. The number of methoxy groups -OCH3 is 1. The van der Waals surface area contributed by atoms with Gasteiger partial charge in [-0.05, 0) is 42.3 Å². The van der Waals surface area contributed by atoms with E-state index in [4.69, 9.17) is 9.47 Å². The van der Waals surface area contributed by atoms with Gasteiger partial charge in [0.15, 0.2) is 11.5 Å². The number of ether oxygens (including phenoxy) is 2. The number of fused-ring (bicyclic) bond motifs is 1. The van der Waals surface area contributed by atoms with Gasteiger partial charge in [-0.1, -0.05) is 36.4 Å². The molecule has 0 atom stereocenters. The Morgan fingerprint density at radius 1 is 1.07 bits per heavy atom. The van der Waals surface area contributed by atoms with Crippen molar-refractivity contribution < 1.29 is 14.3 Å². The number of nitrogens with zero attached hydrogens (tertiary/aromatic N) is 2. The van der Waals surface area contributed by atoms with E-state index in [0.717, 1.165) is 22.5 Å². The standard InChI is InChI=1S/C24H23N3O3/c1-17-7-6-12-27-15-20(26-23(17)27)14-25-24(28)19-10-11-21(22(13-19)29-2)30-16-18-8-4-3-5-9-18/h3-13,15H,14,16H2,1-2H3,(H,25,28). The number of imidazole rings is 1. The van der Waals surface area contributed by atoms with Gasteiger partial charge in [0.2, 0.25) is 0 Å². The Bertz CT molecular complexity index is 1170. The van der Waals surface area contributed by atoms with E-state index in [1.165, 1.54) is 0 Å². The van der Waals surface area contributed by atoms with Crippen molar-refractivity contribution in [3.05, 3.63) is 95.4 Å². The van der Waals surface area contributed by atoms with Crippen LogP contribution in [0.15, 0.2) is 73.1 Å². The topological polar surface area (TPSA) is 64.9 Å². The first-order valence-corrected chi connectivity index (χ1v) is 9.70. The van der Waals surface area contributed by atoms with E-state index >= 15 is 0 Å². The summed E-state index contributed by atoms with van der Waals surface area (Å²) in [7, 11) is 1.56. The molecule has 2 heterocycles. The van der Waals surface area contributed by atoms with Crippen LogP contribution in [0.3, 0.4) is 0 Å². The molecule has 0 spiro atoms. The minimum Gasteiger partial charge on any atom is -0.493 e. The third-order valence-electron chi connectivity index (χ3n) is 4.82. The molecule has 0 aliphatic rings. The first kappa shape index (κ1) is 19.5. The van der Waals surface area contributed by atoms with Gasteiger partial charge in [-0.3, -0.25) is 4.79 Å². The molecule has 4 rings (SSSR count). The van der Waals surface area contributed by atoms with Crippen LogP contribution < -0.4 is 14.8 Å². The number of aryl methyl sites for hydroxylation is 1. The lowest BCUT2D eigenvalue weighted by Crippen LogP contribution is -2.23. The van der Waals surface area contributed by atoms with Crippen LogP contribution in [0, 0.1) is 6.92 Å². The van der Waals surface area contributed by atoms with Gasteiger partial charge in [-0.2, -0.15) is 0 Å². The zero-order valence-corrected chi connectivity index (χ0v) is 17.0. The summed E-state index contributed by atoms with van der Waals surface area (Å²) in [6.07, 6.45) is 3.86. The average Bonchev–Trinajstić information content (AvgIpc) is 3.21.